The largest absolute Gasteiger partial charge is 0.378 e. The lowest BCUT2D eigenvalue weighted by Gasteiger charge is -2.06. The first-order valence-corrected chi connectivity index (χ1v) is 4.87. The number of non-ortho nitro benzene ring substituents is 1. The summed E-state index contributed by atoms with van der Waals surface area (Å²) in [6, 6.07) is 3.52. The maximum absolute atomic E-state index is 10.8. The van der Waals surface area contributed by atoms with Gasteiger partial charge in [0.25, 0.3) is 11.4 Å². The highest BCUT2D eigenvalue weighted by Crippen LogP contribution is 2.28. The van der Waals surface area contributed by atoms with Crippen LogP contribution in [0.5, 0.6) is 0 Å². The number of nitro benzene ring substituents is 2. The number of rotatable bonds is 6. The monoisotopic (exact) mass is 240 g/mol. The lowest BCUT2D eigenvalue weighted by Crippen LogP contribution is -2.18. The predicted molar refractivity (Wildman–Crippen MR) is 62.2 cm³/mol. The standard InChI is InChI=1S/C9H12N4O4/c1-10-4-5-11-8-3-2-7(12(14)15)6-9(8)13(16)17/h2-3,6,10-11H,4-5H2,1H3. The van der Waals surface area contributed by atoms with Gasteiger partial charge in [-0.05, 0) is 13.1 Å². The lowest BCUT2D eigenvalue weighted by molar-refractivity contribution is -0.393. The minimum atomic E-state index is -0.662. The van der Waals surface area contributed by atoms with Gasteiger partial charge in [0, 0.05) is 19.2 Å². The fraction of sp³-hybridized carbons (Fsp3) is 0.333. The van der Waals surface area contributed by atoms with E-state index in [1.807, 2.05) is 0 Å². The molecule has 92 valence electrons. The van der Waals surface area contributed by atoms with Gasteiger partial charge < -0.3 is 10.6 Å². The van der Waals surface area contributed by atoms with E-state index in [0.29, 0.717) is 13.1 Å². The van der Waals surface area contributed by atoms with E-state index in [1.54, 1.807) is 7.05 Å². The Labute approximate surface area is 96.9 Å². The van der Waals surface area contributed by atoms with Crippen LogP contribution in [0.25, 0.3) is 0 Å². The smallest absolute Gasteiger partial charge is 0.299 e. The zero-order chi connectivity index (χ0) is 12.8. The van der Waals surface area contributed by atoms with Crippen LogP contribution in [0.3, 0.4) is 0 Å². The molecule has 0 heterocycles. The molecule has 0 atom stereocenters. The highest BCUT2D eigenvalue weighted by Gasteiger charge is 2.18. The van der Waals surface area contributed by atoms with Crippen molar-refractivity contribution in [3.8, 4) is 0 Å². The van der Waals surface area contributed by atoms with Gasteiger partial charge in [0.2, 0.25) is 0 Å². The van der Waals surface area contributed by atoms with Gasteiger partial charge in [-0.3, -0.25) is 20.2 Å². The first kappa shape index (κ1) is 12.8. The number of benzene rings is 1. The van der Waals surface area contributed by atoms with Crippen LogP contribution >= 0.6 is 0 Å². The van der Waals surface area contributed by atoms with E-state index < -0.39 is 9.85 Å². The molecule has 0 spiro atoms. The molecule has 0 aromatic heterocycles. The van der Waals surface area contributed by atoms with Crippen LogP contribution in [0.2, 0.25) is 0 Å². The van der Waals surface area contributed by atoms with Crippen molar-refractivity contribution in [2.75, 3.05) is 25.5 Å². The van der Waals surface area contributed by atoms with Crippen LogP contribution in [-0.2, 0) is 0 Å². The summed E-state index contributed by atoms with van der Waals surface area (Å²) in [5.74, 6) is 0. The van der Waals surface area contributed by atoms with Gasteiger partial charge in [-0.1, -0.05) is 0 Å². The fourth-order valence-electron chi connectivity index (χ4n) is 1.26. The molecular weight excluding hydrogens is 228 g/mol. The molecule has 1 rings (SSSR count). The number of hydrogen-bond donors (Lipinski definition) is 2. The van der Waals surface area contributed by atoms with E-state index in [-0.39, 0.29) is 17.1 Å². The Morgan fingerprint density at radius 2 is 1.88 bits per heavy atom. The second-order valence-electron chi connectivity index (χ2n) is 3.25. The van der Waals surface area contributed by atoms with Crippen molar-refractivity contribution < 1.29 is 9.85 Å². The third-order valence-electron chi connectivity index (χ3n) is 2.08. The van der Waals surface area contributed by atoms with Crippen LogP contribution in [0.4, 0.5) is 17.1 Å². The van der Waals surface area contributed by atoms with Crippen molar-refractivity contribution >= 4 is 17.1 Å². The molecule has 0 radical (unpaired) electrons. The van der Waals surface area contributed by atoms with Crippen molar-refractivity contribution in [3.05, 3.63) is 38.4 Å². The van der Waals surface area contributed by atoms with Crippen LogP contribution in [0.15, 0.2) is 18.2 Å². The Hall–Kier alpha value is -2.22. The van der Waals surface area contributed by atoms with Crippen LogP contribution in [0.1, 0.15) is 0 Å². The zero-order valence-electron chi connectivity index (χ0n) is 9.17. The Morgan fingerprint density at radius 1 is 1.18 bits per heavy atom. The second kappa shape index (κ2) is 5.75. The van der Waals surface area contributed by atoms with Gasteiger partial charge in [0.1, 0.15) is 5.69 Å². The Morgan fingerprint density at radius 3 is 2.41 bits per heavy atom. The first-order chi connectivity index (χ1) is 8.06. The summed E-state index contributed by atoms with van der Waals surface area (Å²) < 4.78 is 0. The minimum Gasteiger partial charge on any atom is -0.378 e. The highest BCUT2D eigenvalue weighted by molar-refractivity contribution is 5.65. The van der Waals surface area contributed by atoms with E-state index in [1.165, 1.54) is 12.1 Å². The molecule has 0 bridgehead atoms. The summed E-state index contributed by atoms with van der Waals surface area (Å²) in [6.45, 7) is 1.13. The molecule has 0 fully saturated rings. The number of nitro groups is 2. The number of nitrogens with one attached hydrogen (secondary N) is 2. The van der Waals surface area contributed by atoms with Gasteiger partial charge in [0.15, 0.2) is 0 Å². The van der Waals surface area contributed by atoms with E-state index in [2.05, 4.69) is 10.6 Å². The average Bonchev–Trinajstić information content (AvgIpc) is 2.29. The van der Waals surface area contributed by atoms with E-state index in [4.69, 9.17) is 0 Å². The first-order valence-electron chi connectivity index (χ1n) is 4.87. The number of likely N-dealkylation sites (N-methyl/N-ethyl adjacent to an activating group) is 1. The number of nitrogens with zero attached hydrogens (tertiary/aromatic N) is 2. The van der Waals surface area contributed by atoms with Crippen molar-refractivity contribution in [1.29, 1.82) is 0 Å². The maximum atomic E-state index is 10.8. The molecule has 8 heteroatoms. The van der Waals surface area contributed by atoms with Crippen LogP contribution < -0.4 is 10.6 Å². The summed E-state index contributed by atoms with van der Waals surface area (Å²) in [5, 5.41) is 27.0. The molecular formula is C9H12N4O4. The summed E-state index contributed by atoms with van der Waals surface area (Å²) in [4.78, 5) is 20.0. The SMILES string of the molecule is CNCCNc1ccc([N+](=O)[O-])cc1[N+](=O)[O-]. The molecule has 0 aliphatic heterocycles. The van der Waals surface area contributed by atoms with Gasteiger partial charge >= 0.3 is 0 Å². The summed E-state index contributed by atoms with van der Waals surface area (Å²) in [5.41, 5.74) is -0.318. The zero-order valence-corrected chi connectivity index (χ0v) is 9.17. The molecule has 8 nitrogen and oxygen atoms in total. The summed E-state index contributed by atoms with van der Waals surface area (Å²) >= 11 is 0. The van der Waals surface area contributed by atoms with E-state index in [9.17, 15) is 20.2 Å². The number of hydrogen-bond acceptors (Lipinski definition) is 6. The van der Waals surface area contributed by atoms with E-state index >= 15 is 0 Å². The fourth-order valence-corrected chi connectivity index (χ4v) is 1.26. The van der Waals surface area contributed by atoms with Crippen molar-refractivity contribution in [2.45, 2.75) is 0 Å². The predicted octanol–water partition coefficient (Wildman–Crippen LogP) is 1.13. The molecule has 0 aliphatic carbocycles. The molecule has 1 aromatic carbocycles. The molecule has 2 N–H and O–H groups in total. The van der Waals surface area contributed by atoms with Gasteiger partial charge in [-0.15, -0.1) is 0 Å². The van der Waals surface area contributed by atoms with Gasteiger partial charge in [0.05, 0.1) is 15.9 Å². The molecule has 1 aromatic rings. The quantitative estimate of drug-likeness (QED) is 0.438. The summed E-state index contributed by atoms with van der Waals surface area (Å²) in [7, 11) is 1.76. The molecule has 0 unspecified atom stereocenters. The topological polar surface area (TPSA) is 110 Å². The maximum Gasteiger partial charge on any atom is 0.299 e. The highest BCUT2D eigenvalue weighted by atomic mass is 16.6. The average molecular weight is 240 g/mol. The Balaban J connectivity index is 2.96. The number of anilines is 1. The summed E-state index contributed by atoms with van der Waals surface area (Å²) in [6.07, 6.45) is 0. The molecule has 0 aliphatic rings. The van der Waals surface area contributed by atoms with Crippen molar-refractivity contribution in [1.82, 2.24) is 5.32 Å². The third kappa shape index (κ3) is 3.38. The van der Waals surface area contributed by atoms with Gasteiger partial charge in [-0.25, -0.2) is 0 Å². The van der Waals surface area contributed by atoms with Crippen LogP contribution in [0, 0.1) is 20.2 Å². The normalized spacial score (nSPS) is 9.94. The Kier molecular flexibility index (Phi) is 4.35. The molecule has 0 saturated carbocycles. The third-order valence-corrected chi connectivity index (χ3v) is 2.08. The molecule has 0 amide bonds. The lowest BCUT2D eigenvalue weighted by atomic mass is 10.2. The van der Waals surface area contributed by atoms with Crippen LogP contribution in [-0.4, -0.2) is 30.0 Å². The van der Waals surface area contributed by atoms with E-state index in [0.717, 1.165) is 6.07 Å². The Bertz CT molecular complexity index is 435. The molecule has 17 heavy (non-hydrogen) atoms. The molecule has 0 saturated heterocycles. The second-order valence-corrected chi connectivity index (χ2v) is 3.25. The van der Waals surface area contributed by atoms with Crippen molar-refractivity contribution in [3.63, 3.8) is 0 Å². The minimum absolute atomic E-state index is 0.274. The van der Waals surface area contributed by atoms with Crippen molar-refractivity contribution in [2.24, 2.45) is 0 Å². The van der Waals surface area contributed by atoms with Gasteiger partial charge in [-0.2, -0.15) is 0 Å².